The highest BCUT2D eigenvalue weighted by Crippen LogP contribution is 2.36. The van der Waals surface area contributed by atoms with Crippen molar-refractivity contribution in [2.75, 3.05) is 5.32 Å². The van der Waals surface area contributed by atoms with E-state index in [1.807, 2.05) is 6.92 Å². The number of sulfonamides is 1. The number of benzene rings is 2. The number of rotatable bonds is 7. The summed E-state index contributed by atoms with van der Waals surface area (Å²) in [6.07, 6.45) is 1.15. The zero-order valence-corrected chi connectivity index (χ0v) is 18.5. The van der Waals surface area contributed by atoms with E-state index in [9.17, 15) is 27.2 Å². The van der Waals surface area contributed by atoms with Crippen LogP contribution in [-0.2, 0) is 29.8 Å². The summed E-state index contributed by atoms with van der Waals surface area (Å²) in [5.41, 5.74) is 0.296. The number of hydrogen-bond acceptors (Lipinski definition) is 5. The Morgan fingerprint density at radius 1 is 1.16 bits per heavy atom. The van der Waals surface area contributed by atoms with Crippen LogP contribution in [0.4, 0.5) is 10.1 Å². The predicted octanol–water partition coefficient (Wildman–Crippen LogP) is 2.22. The monoisotopic (exact) mass is 461 g/mol. The Bertz CT molecular complexity index is 1150. The first-order chi connectivity index (χ1) is 15.1. The van der Waals surface area contributed by atoms with E-state index >= 15 is 0 Å². The summed E-state index contributed by atoms with van der Waals surface area (Å²) in [7, 11) is -4.23. The number of halogens is 1. The molecule has 32 heavy (non-hydrogen) atoms. The van der Waals surface area contributed by atoms with Gasteiger partial charge in [0.15, 0.2) is 0 Å². The lowest BCUT2D eigenvalue weighted by molar-refractivity contribution is -0.138. The number of carbonyl (C=O) groups is 3. The molecule has 2 aromatic rings. The van der Waals surface area contributed by atoms with Crippen molar-refractivity contribution in [1.29, 1.82) is 0 Å². The zero-order chi connectivity index (χ0) is 23.5. The molecule has 1 aliphatic rings. The molecule has 2 aromatic carbocycles. The van der Waals surface area contributed by atoms with Crippen molar-refractivity contribution in [3.63, 3.8) is 0 Å². The molecule has 0 aliphatic carbocycles. The molecule has 1 unspecified atom stereocenters. The first-order valence-electron chi connectivity index (χ1n) is 10.1. The Hall–Kier alpha value is -3.11. The summed E-state index contributed by atoms with van der Waals surface area (Å²) in [4.78, 5) is 35.9. The highest BCUT2D eigenvalue weighted by Gasteiger charge is 2.42. The minimum absolute atomic E-state index is 0.248. The Morgan fingerprint density at radius 3 is 2.41 bits per heavy atom. The highest BCUT2D eigenvalue weighted by molar-refractivity contribution is 7.89. The maximum Gasteiger partial charge on any atom is 0.244 e. The van der Waals surface area contributed by atoms with E-state index in [-0.39, 0.29) is 18.2 Å². The Kier molecular flexibility index (Phi) is 6.75. The number of anilines is 1. The van der Waals surface area contributed by atoms with Crippen molar-refractivity contribution < 1.29 is 27.2 Å². The van der Waals surface area contributed by atoms with Crippen LogP contribution in [-0.4, -0.2) is 32.2 Å². The molecule has 0 spiro atoms. The zero-order valence-electron chi connectivity index (χ0n) is 17.6. The van der Waals surface area contributed by atoms with Gasteiger partial charge < -0.3 is 5.32 Å². The van der Waals surface area contributed by atoms with Crippen LogP contribution in [0, 0.1) is 5.82 Å². The summed E-state index contributed by atoms with van der Waals surface area (Å²) in [5.74, 6) is -2.19. The van der Waals surface area contributed by atoms with Gasteiger partial charge in [-0.1, -0.05) is 31.2 Å². The number of amides is 3. The van der Waals surface area contributed by atoms with Crippen molar-refractivity contribution >= 4 is 33.4 Å². The lowest BCUT2D eigenvalue weighted by atomic mass is 9.72. The molecule has 3 rings (SSSR count). The molecule has 170 valence electrons. The second kappa shape index (κ2) is 9.17. The van der Waals surface area contributed by atoms with Gasteiger partial charge in [0, 0.05) is 12.1 Å². The minimum Gasteiger partial charge on any atom is -0.325 e. The maximum atomic E-state index is 13.8. The van der Waals surface area contributed by atoms with E-state index in [2.05, 4.69) is 15.4 Å². The van der Waals surface area contributed by atoms with Crippen LogP contribution in [0.5, 0.6) is 0 Å². The average molecular weight is 462 g/mol. The molecule has 1 aliphatic heterocycles. The largest absolute Gasteiger partial charge is 0.325 e. The summed E-state index contributed by atoms with van der Waals surface area (Å²) in [6.45, 7) is 3.21. The lowest BCUT2D eigenvalue weighted by Gasteiger charge is -2.35. The van der Waals surface area contributed by atoms with Gasteiger partial charge in [-0.15, -0.1) is 0 Å². The second-order valence-corrected chi connectivity index (χ2v) is 9.34. The summed E-state index contributed by atoms with van der Waals surface area (Å²) in [6, 6.07) is 10.3. The molecule has 0 aromatic heterocycles. The molecule has 3 N–H and O–H groups in total. The average Bonchev–Trinajstić information content (AvgIpc) is 2.75. The van der Waals surface area contributed by atoms with Gasteiger partial charge in [-0.05, 0) is 49.6 Å². The third-order valence-corrected chi connectivity index (χ3v) is 7.20. The van der Waals surface area contributed by atoms with Gasteiger partial charge in [-0.3, -0.25) is 19.7 Å². The fraction of sp³-hybridized carbons (Fsp3) is 0.318. The SMILES string of the molecule is CCC1(c2ccc(NC(=O)[C@H](C)NS(=O)(=O)c3ccccc3F)cc2)CCC(=O)NC1=O. The van der Waals surface area contributed by atoms with Gasteiger partial charge in [-0.25, -0.2) is 12.8 Å². The molecule has 0 bridgehead atoms. The molecular formula is C22H24FN3O5S. The first kappa shape index (κ1) is 23.6. The quantitative estimate of drug-likeness (QED) is 0.546. The third kappa shape index (κ3) is 4.71. The molecule has 1 fully saturated rings. The molecule has 8 nitrogen and oxygen atoms in total. The fourth-order valence-corrected chi connectivity index (χ4v) is 4.98. The van der Waals surface area contributed by atoms with Crippen LogP contribution in [0.2, 0.25) is 0 Å². The van der Waals surface area contributed by atoms with Crippen molar-refractivity contribution in [3.8, 4) is 0 Å². The van der Waals surface area contributed by atoms with Gasteiger partial charge in [0.25, 0.3) is 0 Å². The van der Waals surface area contributed by atoms with Gasteiger partial charge in [-0.2, -0.15) is 4.72 Å². The van der Waals surface area contributed by atoms with E-state index in [1.165, 1.54) is 19.1 Å². The molecule has 0 saturated carbocycles. The number of nitrogens with one attached hydrogen (secondary N) is 3. The van der Waals surface area contributed by atoms with Crippen LogP contribution in [0.15, 0.2) is 53.4 Å². The normalized spacial score (nSPS) is 19.8. The molecule has 10 heteroatoms. The standard InChI is InChI=1S/C22H24FN3O5S/c1-3-22(13-12-19(27)25-21(22)29)15-8-10-16(11-9-15)24-20(28)14(2)26-32(30,31)18-7-5-4-6-17(18)23/h4-11,14,26H,3,12-13H2,1-2H3,(H,24,28)(H,25,27,29)/t14-,22?/m0/s1. The molecule has 2 atom stereocenters. The number of imide groups is 1. The Labute approximate surface area is 185 Å². The highest BCUT2D eigenvalue weighted by atomic mass is 32.2. The number of piperidine rings is 1. The maximum absolute atomic E-state index is 13.8. The second-order valence-electron chi connectivity index (χ2n) is 7.65. The van der Waals surface area contributed by atoms with Gasteiger partial charge in [0.05, 0.1) is 11.5 Å². The third-order valence-electron chi connectivity index (χ3n) is 5.63. The van der Waals surface area contributed by atoms with Crippen LogP contribution in [0.1, 0.15) is 38.7 Å². The summed E-state index contributed by atoms with van der Waals surface area (Å²) < 4.78 is 40.7. The summed E-state index contributed by atoms with van der Waals surface area (Å²) in [5, 5.41) is 4.98. The van der Waals surface area contributed by atoms with Crippen LogP contribution in [0.25, 0.3) is 0 Å². The minimum atomic E-state index is -4.23. The van der Waals surface area contributed by atoms with Gasteiger partial charge in [0.2, 0.25) is 27.7 Å². The lowest BCUT2D eigenvalue weighted by Crippen LogP contribution is -2.51. The number of carbonyl (C=O) groups excluding carboxylic acids is 3. The van der Waals surface area contributed by atoms with Gasteiger partial charge in [0.1, 0.15) is 10.7 Å². The smallest absolute Gasteiger partial charge is 0.244 e. The van der Waals surface area contributed by atoms with Crippen molar-refractivity contribution in [2.24, 2.45) is 0 Å². The van der Waals surface area contributed by atoms with Crippen molar-refractivity contribution in [3.05, 3.63) is 59.9 Å². The molecule has 1 saturated heterocycles. The van der Waals surface area contributed by atoms with E-state index in [4.69, 9.17) is 0 Å². The molecule has 3 amide bonds. The molecule has 0 radical (unpaired) electrons. The Morgan fingerprint density at radius 2 is 1.81 bits per heavy atom. The fourth-order valence-electron chi connectivity index (χ4n) is 3.70. The van der Waals surface area contributed by atoms with Crippen LogP contribution >= 0.6 is 0 Å². The predicted molar refractivity (Wildman–Crippen MR) is 116 cm³/mol. The van der Waals surface area contributed by atoms with E-state index in [0.29, 0.717) is 18.5 Å². The van der Waals surface area contributed by atoms with E-state index < -0.39 is 38.1 Å². The topological polar surface area (TPSA) is 121 Å². The number of hydrogen-bond donors (Lipinski definition) is 3. The first-order valence-corrected chi connectivity index (χ1v) is 11.6. The molecule has 1 heterocycles. The van der Waals surface area contributed by atoms with Crippen LogP contribution < -0.4 is 15.4 Å². The van der Waals surface area contributed by atoms with Gasteiger partial charge >= 0.3 is 0 Å². The van der Waals surface area contributed by atoms with E-state index in [1.54, 1.807) is 24.3 Å². The van der Waals surface area contributed by atoms with E-state index in [0.717, 1.165) is 17.7 Å². The van der Waals surface area contributed by atoms with Crippen LogP contribution in [0.3, 0.4) is 0 Å². The molecular weight excluding hydrogens is 437 g/mol. The summed E-state index contributed by atoms with van der Waals surface area (Å²) >= 11 is 0. The van der Waals surface area contributed by atoms with Crippen molar-refractivity contribution in [1.82, 2.24) is 10.0 Å². The Balaban J connectivity index is 1.70. The van der Waals surface area contributed by atoms with Crippen molar-refractivity contribution in [2.45, 2.75) is 49.5 Å².